The first-order valence-electron chi connectivity index (χ1n) is 4.09. The number of nitrogens with zero attached hydrogens (tertiary/aromatic N) is 1. The zero-order valence-electron chi connectivity index (χ0n) is 7.80. The number of nitrogens with two attached hydrogens (primary N) is 1. The van der Waals surface area contributed by atoms with Crippen molar-refractivity contribution in [2.45, 2.75) is 6.04 Å². The topological polar surface area (TPSA) is 85.4 Å². The molecule has 0 aliphatic carbocycles. The fourth-order valence-electron chi connectivity index (χ4n) is 1.07. The standard InChI is InChI=1S/C9H12N2O3/c1-14-8-3-2-6(4-12)11-9(8)7(10)5-13/h2-4,7,13H,5,10H2,1H3/t7-/m0/s1. The number of hydrogen-bond acceptors (Lipinski definition) is 5. The minimum atomic E-state index is -0.634. The molecule has 5 heteroatoms. The average molecular weight is 196 g/mol. The molecule has 0 aliphatic heterocycles. The van der Waals surface area contributed by atoms with Crippen LogP contribution < -0.4 is 10.5 Å². The third-order valence-electron chi connectivity index (χ3n) is 1.80. The summed E-state index contributed by atoms with van der Waals surface area (Å²) in [5, 5.41) is 8.86. The van der Waals surface area contributed by atoms with Gasteiger partial charge in [0.1, 0.15) is 17.1 Å². The molecule has 14 heavy (non-hydrogen) atoms. The van der Waals surface area contributed by atoms with Crippen LogP contribution >= 0.6 is 0 Å². The second-order valence-corrected chi connectivity index (χ2v) is 2.73. The lowest BCUT2D eigenvalue weighted by molar-refractivity contribution is 0.111. The third kappa shape index (κ3) is 2.07. The Kier molecular flexibility index (Phi) is 3.55. The molecule has 0 aliphatic rings. The molecule has 1 aromatic rings. The Hall–Kier alpha value is -1.46. The number of aromatic nitrogens is 1. The van der Waals surface area contributed by atoms with E-state index < -0.39 is 6.04 Å². The van der Waals surface area contributed by atoms with Crippen molar-refractivity contribution >= 4 is 6.29 Å². The summed E-state index contributed by atoms with van der Waals surface area (Å²) in [6.07, 6.45) is 0.618. The number of ether oxygens (including phenoxy) is 1. The average Bonchev–Trinajstić information content (AvgIpc) is 2.27. The molecule has 0 amide bonds. The van der Waals surface area contributed by atoms with Gasteiger partial charge in [0.15, 0.2) is 6.29 Å². The number of carbonyl (C=O) groups excluding carboxylic acids is 1. The molecule has 5 nitrogen and oxygen atoms in total. The maximum absolute atomic E-state index is 10.5. The number of pyridine rings is 1. The fourth-order valence-corrected chi connectivity index (χ4v) is 1.07. The van der Waals surface area contributed by atoms with E-state index in [1.54, 1.807) is 6.07 Å². The fraction of sp³-hybridized carbons (Fsp3) is 0.333. The molecule has 76 valence electrons. The highest BCUT2D eigenvalue weighted by Gasteiger charge is 2.13. The largest absolute Gasteiger partial charge is 0.495 e. The SMILES string of the molecule is COc1ccc(C=O)nc1[C@@H](N)CO. The Balaban J connectivity index is 3.14. The van der Waals surface area contributed by atoms with E-state index in [4.69, 9.17) is 15.6 Å². The van der Waals surface area contributed by atoms with Gasteiger partial charge in [-0.3, -0.25) is 4.79 Å². The summed E-state index contributed by atoms with van der Waals surface area (Å²) < 4.78 is 5.00. The normalized spacial score (nSPS) is 12.2. The van der Waals surface area contributed by atoms with Gasteiger partial charge in [0.05, 0.1) is 19.8 Å². The van der Waals surface area contributed by atoms with Crippen molar-refractivity contribution in [3.8, 4) is 5.75 Å². The molecular weight excluding hydrogens is 184 g/mol. The van der Waals surface area contributed by atoms with E-state index in [1.165, 1.54) is 13.2 Å². The number of carbonyl (C=O) groups is 1. The van der Waals surface area contributed by atoms with Crippen molar-refractivity contribution in [3.05, 3.63) is 23.5 Å². The van der Waals surface area contributed by atoms with Gasteiger partial charge in [-0.05, 0) is 12.1 Å². The molecule has 0 saturated heterocycles. The van der Waals surface area contributed by atoms with Crippen LogP contribution in [-0.4, -0.2) is 30.1 Å². The third-order valence-corrected chi connectivity index (χ3v) is 1.80. The lowest BCUT2D eigenvalue weighted by atomic mass is 10.2. The maximum Gasteiger partial charge on any atom is 0.168 e. The maximum atomic E-state index is 10.5. The molecule has 1 heterocycles. The molecule has 0 saturated carbocycles. The lowest BCUT2D eigenvalue weighted by Gasteiger charge is -2.12. The Morgan fingerprint density at radius 3 is 2.93 bits per heavy atom. The molecule has 0 bridgehead atoms. The van der Waals surface area contributed by atoms with Gasteiger partial charge in [0, 0.05) is 0 Å². The predicted octanol–water partition coefficient (Wildman–Crippen LogP) is -0.105. The zero-order chi connectivity index (χ0) is 10.6. The number of aldehydes is 1. The first-order valence-corrected chi connectivity index (χ1v) is 4.09. The van der Waals surface area contributed by atoms with Gasteiger partial charge >= 0.3 is 0 Å². The minimum Gasteiger partial charge on any atom is -0.495 e. The highest BCUT2D eigenvalue weighted by molar-refractivity contribution is 5.72. The van der Waals surface area contributed by atoms with E-state index in [1.807, 2.05) is 0 Å². The summed E-state index contributed by atoms with van der Waals surface area (Å²) in [6.45, 7) is -0.244. The second-order valence-electron chi connectivity index (χ2n) is 2.73. The summed E-state index contributed by atoms with van der Waals surface area (Å²) in [5.41, 5.74) is 6.24. The molecule has 0 spiro atoms. The van der Waals surface area contributed by atoms with Crippen LogP contribution in [-0.2, 0) is 0 Å². The first-order chi connectivity index (χ1) is 6.72. The molecular formula is C9H12N2O3. The summed E-state index contributed by atoms with van der Waals surface area (Å²) >= 11 is 0. The van der Waals surface area contributed by atoms with E-state index in [2.05, 4.69) is 4.98 Å². The number of methoxy groups -OCH3 is 1. The van der Waals surface area contributed by atoms with E-state index in [0.717, 1.165) is 0 Å². The first kappa shape index (κ1) is 10.6. The Bertz CT molecular complexity index is 328. The van der Waals surface area contributed by atoms with Crippen LogP contribution in [0.1, 0.15) is 22.2 Å². The van der Waals surface area contributed by atoms with Crippen LogP contribution in [0.5, 0.6) is 5.75 Å². The van der Waals surface area contributed by atoms with Crippen LogP contribution in [0.3, 0.4) is 0 Å². The summed E-state index contributed by atoms with van der Waals surface area (Å²) in [6, 6.07) is 2.49. The highest BCUT2D eigenvalue weighted by Crippen LogP contribution is 2.21. The van der Waals surface area contributed by atoms with E-state index in [9.17, 15) is 4.79 Å². The van der Waals surface area contributed by atoms with Crippen LogP contribution in [0.2, 0.25) is 0 Å². The Labute approximate surface area is 81.5 Å². The number of aliphatic hydroxyl groups excluding tert-OH is 1. The van der Waals surface area contributed by atoms with Gasteiger partial charge in [-0.25, -0.2) is 4.98 Å². The van der Waals surface area contributed by atoms with Crippen LogP contribution in [0, 0.1) is 0 Å². The Morgan fingerprint density at radius 2 is 2.43 bits per heavy atom. The lowest BCUT2D eigenvalue weighted by Crippen LogP contribution is -2.17. The van der Waals surface area contributed by atoms with Gasteiger partial charge in [-0.15, -0.1) is 0 Å². The van der Waals surface area contributed by atoms with Crippen molar-refractivity contribution in [3.63, 3.8) is 0 Å². The molecule has 0 unspecified atom stereocenters. The van der Waals surface area contributed by atoms with E-state index in [0.29, 0.717) is 17.7 Å². The second kappa shape index (κ2) is 4.69. The van der Waals surface area contributed by atoms with Crippen molar-refractivity contribution < 1.29 is 14.6 Å². The van der Waals surface area contributed by atoms with Crippen molar-refractivity contribution in [1.82, 2.24) is 4.98 Å². The molecule has 0 aromatic carbocycles. The monoisotopic (exact) mass is 196 g/mol. The number of hydrogen-bond donors (Lipinski definition) is 2. The van der Waals surface area contributed by atoms with Crippen LogP contribution in [0.25, 0.3) is 0 Å². The molecule has 3 N–H and O–H groups in total. The molecule has 1 atom stereocenters. The molecule has 1 rings (SSSR count). The van der Waals surface area contributed by atoms with Gasteiger partial charge in [-0.2, -0.15) is 0 Å². The molecule has 0 fully saturated rings. The smallest absolute Gasteiger partial charge is 0.168 e. The van der Waals surface area contributed by atoms with Gasteiger partial charge in [0.25, 0.3) is 0 Å². The Morgan fingerprint density at radius 1 is 1.71 bits per heavy atom. The van der Waals surface area contributed by atoms with Crippen molar-refractivity contribution in [2.75, 3.05) is 13.7 Å². The number of rotatable bonds is 4. The molecule has 0 radical (unpaired) electrons. The van der Waals surface area contributed by atoms with Crippen LogP contribution in [0.4, 0.5) is 0 Å². The summed E-state index contributed by atoms with van der Waals surface area (Å²) in [7, 11) is 1.48. The summed E-state index contributed by atoms with van der Waals surface area (Å²) in [4.78, 5) is 14.4. The zero-order valence-corrected chi connectivity index (χ0v) is 7.80. The van der Waals surface area contributed by atoms with E-state index in [-0.39, 0.29) is 12.3 Å². The minimum absolute atomic E-state index is 0.244. The highest BCUT2D eigenvalue weighted by atomic mass is 16.5. The summed E-state index contributed by atoms with van der Waals surface area (Å²) in [5.74, 6) is 0.470. The quantitative estimate of drug-likeness (QED) is 0.656. The van der Waals surface area contributed by atoms with Crippen molar-refractivity contribution in [2.24, 2.45) is 5.73 Å². The van der Waals surface area contributed by atoms with Gasteiger partial charge in [0.2, 0.25) is 0 Å². The van der Waals surface area contributed by atoms with E-state index >= 15 is 0 Å². The van der Waals surface area contributed by atoms with Gasteiger partial charge in [-0.1, -0.05) is 0 Å². The van der Waals surface area contributed by atoms with Crippen molar-refractivity contribution in [1.29, 1.82) is 0 Å². The predicted molar refractivity (Wildman–Crippen MR) is 50.2 cm³/mol. The van der Waals surface area contributed by atoms with Crippen LogP contribution in [0.15, 0.2) is 12.1 Å². The van der Waals surface area contributed by atoms with Gasteiger partial charge < -0.3 is 15.6 Å². The number of aliphatic hydroxyl groups is 1. The molecule has 1 aromatic heterocycles.